The van der Waals surface area contributed by atoms with Crippen LogP contribution >= 0.6 is 15.9 Å². The largest absolute Gasteiger partial charge is 0.351 e. The maximum absolute atomic E-state index is 12.1. The molecule has 0 atom stereocenters. The Morgan fingerprint density at radius 2 is 2.17 bits per heavy atom. The van der Waals surface area contributed by atoms with E-state index >= 15 is 0 Å². The molecule has 0 spiro atoms. The van der Waals surface area contributed by atoms with Crippen LogP contribution in [0.3, 0.4) is 0 Å². The minimum atomic E-state index is -0.105. The van der Waals surface area contributed by atoms with Gasteiger partial charge in [-0.3, -0.25) is 4.79 Å². The Morgan fingerprint density at radius 1 is 1.43 bits per heavy atom. The van der Waals surface area contributed by atoms with Gasteiger partial charge in [-0.25, -0.2) is 4.68 Å². The molecule has 1 aromatic heterocycles. The number of benzene rings is 1. The quantitative estimate of drug-likeness (QED) is 0.861. The highest BCUT2D eigenvalue weighted by molar-refractivity contribution is 9.10. The predicted molar refractivity (Wildman–Crippen MR) is 93.2 cm³/mol. The number of rotatable bonds is 3. The van der Waals surface area contributed by atoms with E-state index in [2.05, 4.69) is 56.6 Å². The molecule has 0 fully saturated rings. The number of fused-ring (bicyclic) bond motifs is 1. The normalized spacial score (nSPS) is 16.0. The van der Waals surface area contributed by atoms with Crippen LogP contribution in [0, 0.1) is 6.92 Å². The molecule has 0 radical (unpaired) electrons. The summed E-state index contributed by atoms with van der Waals surface area (Å²) in [6.07, 6.45) is 0. The van der Waals surface area contributed by atoms with Crippen molar-refractivity contribution in [2.24, 2.45) is 0 Å². The number of hydrogen-bond donors (Lipinski definition) is 2. The first-order valence-electron chi connectivity index (χ1n) is 7.62. The van der Waals surface area contributed by atoms with E-state index in [4.69, 9.17) is 0 Å². The standard InChI is InChI=1S/C16H20BrN5O/c1-5-22-15(20-14(17)21-22)19-12-7-11-10(6-9(12)2)13(23)18-8-16(11,3)4/h6-7H,5,8H2,1-4H3,(H,18,23)(H,19,20,21). The van der Waals surface area contributed by atoms with Crippen molar-refractivity contribution in [2.75, 3.05) is 11.9 Å². The van der Waals surface area contributed by atoms with E-state index in [0.29, 0.717) is 17.2 Å². The molecule has 2 N–H and O–H groups in total. The number of aryl methyl sites for hydroxylation is 2. The van der Waals surface area contributed by atoms with Crippen LogP contribution in [0.4, 0.5) is 11.6 Å². The Bertz CT molecular complexity index is 781. The third-order valence-corrected chi connectivity index (χ3v) is 4.56. The summed E-state index contributed by atoms with van der Waals surface area (Å²) in [5.74, 6) is 0.675. The molecule has 1 aliphatic heterocycles. The second-order valence-corrected chi connectivity index (χ2v) is 7.13. The summed E-state index contributed by atoms with van der Waals surface area (Å²) in [6.45, 7) is 9.63. The van der Waals surface area contributed by atoms with Crippen LogP contribution < -0.4 is 10.6 Å². The van der Waals surface area contributed by atoms with Gasteiger partial charge >= 0.3 is 0 Å². The molecule has 0 aliphatic carbocycles. The van der Waals surface area contributed by atoms with Gasteiger partial charge in [0.1, 0.15) is 0 Å². The second kappa shape index (κ2) is 5.63. The molecule has 3 rings (SSSR count). The van der Waals surface area contributed by atoms with E-state index in [0.717, 1.165) is 28.9 Å². The summed E-state index contributed by atoms with van der Waals surface area (Å²) < 4.78 is 2.35. The van der Waals surface area contributed by atoms with E-state index in [-0.39, 0.29) is 11.3 Å². The number of amides is 1. The first-order chi connectivity index (χ1) is 10.8. The van der Waals surface area contributed by atoms with Gasteiger partial charge in [-0.2, -0.15) is 4.98 Å². The molecule has 0 saturated heterocycles. The Hall–Kier alpha value is -1.89. The van der Waals surface area contributed by atoms with Crippen LogP contribution in [0.15, 0.2) is 16.9 Å². The maximum atomic E-state index is 12.1. The summed E-state index contributed by atoms with van der Waals surface area (Å²) in [5, 5.41) is 10.6. The molecule has 23 heavy (non-hydrogen) atoms. The Kier molecular flexibility index (Phi) is 3.91. The predicted octanol–water partition coefficient (Wildman–Crippen LogP) is 3.13. The Morgan fingerprint density at radius 3 is 2.87 bits per heavy atom. The van der Waals surface area contributed by atoms with Crippen molar-refractivity contribution >= 4 is 33.5 Å². The fourth-order valence-corrected chi connectivity index (χ4v) is 3.19. The number of halogens is 1. The van der Waals surface area contributed by atoms with Gasteiger partial charge in [-0.1, -0.05) is 13.8 Å². The molecule has 6 nitrogen and oxygen atoms in total. The summed E-state index contributed by atoms with van der Waals surface area (Å²) in [7, 11) is 0. The van der Waals surface area contributed by atoms with Gasteiger partial charge in [0.15, 0.2) is 0 Å². The Balaban J connectivity index is 2.05. The summed E-state index contributed by atoms with van der Waals surface area (Å²) in [5.41, 5.74) is 3.64. The van der Waals surface area contributed by atoms with Crippen molar-refractivity contribution in [3.8, 4) is 0 Å². The van der Waals surface area contributed by atoms with E-state index in [9.17, 15) is 4.79 Å². The van der Waals surface area contributed by atoms with Crippen LogP contribution in [0.25, 0.3) is 0 Å². The van der Waals surface area contributed by atoms with Gasteiger partial charge in [-0.05, 0) is 53.0 Å². The first kappa shape index (κ1) is 16.0. The third kappa shape index (κ3) is 2.85. The lowest BCUT2D eigenvalue weighted by Crippen LogP contribution is -2.43. The summed E-state index contributed by atoms with van der Waals surface area (Å²) in [4.78, 5) is 16.5. The Labute approximate surface area is 143 Å². The molecule has 1 aliphatic rings. The highest BCUT2D eigenvalue weighted by Crippen LogP contribution is 2.34. The van der Waals surface area contributed by atoms with Crippen molar-refractivity contribution in [1.82, 2.24) is 20.1 Å². The molecule has 0 saturated carbocycles. The van der Waals surface area contributed by atoms with Crippen molar-refractivity contribution in [1.29, 1.82) is 0 Å². The van der Waals surface area contributed by atoms with E-state index in [1.165, 1.54) is 0 Å². The average Bonchev–Trinajstić information content (AvgIpc) is 2.85. The summed E-state index contributed by atoms with van der Waals surface area (Å²) in [6, 6.07) is 4.00. The molecule has 1 aromatic carbocycles. The third-order valence-electron chi connectivity index (χ3n) is 4.22. The summed E-state index contributed by atoms with van der Waals surface area (Å²) >= 11 is 3.31. The van der Waals surface area contributed by atoms with Crippen molar-refractivity contribution < 1.29 is 4.79 Å². The number of carbonyl (C=O) groups excluding carboxylic acids is 1. The molecule has 0 unspecified atom stereocenters. The zero-order chi connectivity index (χ0) is 16.8. The van der Waals surface area contributed by atoms with E-state index in [1.54, 1.807) is 4.68 Å². The maximum Gasteiger partial charge on any atom is 0.251 e. The minimum Gasteiger partial charge on any atom is -0.351 e. The molecule has 2 aromatic rings. The number of anilines is 2. The molecular formula is C16H20BrN5O. The molecule has 2 heterocycles. The van der Waals surface area contributed by atoms with Crippen molar-refractivity contribution in [3.05, 3.63) is 33.6 Å². The fourth-order valence-electron chi connectivity index (χ4n) is 2.83. The first-order valence-corrected chi connectivity index (χ1v) is 8.42. The lowest BCUT2D eigenvalue weighted by molar-refractivity contribution is 0.0930. The molecule has 122 valence electrons. The van der Waals surface area contributed by atoms with Crippen LogP contribution in [0.2, 0.25) is 0 Å². The zero-order valence-corrected chi connectivity index (χ0v) is 15.3. The molecule has 1 amide bonds. The number of nitrogens with zero attached hydrogens (tertiary/aromatic N) is 3. The van der Waals surface area contributed by atoms with Crippen LogP contribution in [0.1, 0.15) is 42.3 Å². The van der Waals surface area contributed by atoms with Crippen molar-refractivity contribution in [2.45, 2.75) is 39.7 Å². The lowest BCUT2D eigenvalue weighted by atomic mass is 9.78. The minimum absolute atomic E-state index is 0.00607. The van der Waals surface area contributed by atoms with E-state index < -0.39 is 0 Å². The number of hydrogen-bond acceptors (Lipinski definition) is 4. The van der Waals surface area contributed by atoms with Crippen LogP contribution in [-0.4, -0.2) is 27.2 Å². The van der Waals surface area contributed by atoms with Crippen molar-refractivity contribution in [3.63, 3.8) is 0 Å². The monoisotopic (exact) mass is 377 g/mol. The van der Waals surface area contributed by atoms with E-state index in [1.807, 2.05) is 19.9 Å². The van der Waals surface area contributed by atoms with Gasteiger partial charge in [-0.15, -0.1) is 5.10 Å². The van der Waals surface area contributed by atoms with Gasteiger partial charge in [0.05, 0.1) is 0 Å². The SMILES string of the molecule is CCn1nc(Br)nc1Nc1cc2c(cc1C)C(=O)NCC2(C)C. The molecule has 0 bridgehead atoms. The second-order valence-electron chi connectivity index (χ2n) is 6.42. The fraction of sp³-hybridized carbons (Fsp3) is 0.438. The van der Waals surface area contributed by atoms with Gasteiger partial charge < -0.3 is 10.6 Å². The number of carbonyl (C=O) groups is 1. The molecule has 7 heteroatoms. The zero-order valence-electron chi connectivity index (χ0n) is 13.7. The average molecular weight is 378 g/mol. The van der Waals surface area contributed by atoms with Crippen LogP contribution in [-0.2, 0) is 12.0 Å². The highest BCUT2D eigenvalue weighted by atomic mass is 79.9. The number of nitrogens with one attached hydrogen (secondary N) is 2. The van der Waals surface area contributed by atoms with Gasteiger partial charge in [0.2, 0.25) is 10.7 Å². The smallest absolute Gasteiger partial charge is 0.251 e. The highest BCUT2D eigenvalue weighted by Gasteiger charge is 2.32. The lowest BCUT2D eigenvalue weighted by Gasteiger charge is -2.33. The van der Waals surface area contributed by atoms with Gasteiger partial charge in [0.25, 0.3) is 5.91 Å². The van der Waals surface area contributed by atoms with Crippen LogP contribution in [0.5, 0.6) is 0 Å². The topological polar surface area (TPSA) is 71.8 Å². The number of aromatic nitrogens is 3. The molecular weight excluding hydrogens is 358 g/mol. The van der Waals surface area contributed by atoms with Gasteiger partial charge in [0, 0.05) is 29.8 Å².